The van der Waals surface area contributed by atoms with Gasteiger partial charge in [-0.2, -0.15) is 13.5 Å². The Bertz CT molecular complexity index is 1170. The molecule has 7 heteroatoms. The Labute approximate surface area is 190 Å². The largest absolute Gasteiger partial charge is 0.493 e. The lowest BCUT2D eigenvalue weighted by Gasteiger charge is -2.19. The summed E-state index contributed by atoms with van der Waals surface area (Å²) in [5.74, 6) is 1.13. The Morgan fingerprint density at radius 1 is 0.938 bits per heavy atom. The maximum absolute atomic E-state index is 12.2. The van der Waals surface area contributed by atoms with E-state index in [0.717, 1.165) is 5.56 Å². The number of rotatable bonds is 8. The molecule has 0 aliphatic carbocycles. The standard InChI is InChI=1S/C25H28N2O4S/c1-25(2,3)21-13-10-19(11-14-21)18-31-23-15-12-20(16-24(23)30-4)17-26-27-32(28,29)22-8-6-5-7-9-22/h5-17,27H,18H2,1-4H3/b26-17+. The van der Waals surface area contributed by atoms with Crippen LogP contribution >= 0.6 is 0 Å². The summed E-state index contributed by atoms with van der Waals surface area (Å²) in [5.41, 5.74) is 3.10. The predicted octanol–water partition coefficient (Wildman–Crippen LogP) is 4.88. The van der Waals surface area contributed by atoms with E-state index in [1.807, 2.05) is 0 Å². The van der Waals surface area contributed by atoms with Gasteiger partial charge < -0.3 is 9.47 Å². The molecule has 0 atom stereocenters. The van der Waals surface area contributed by atoms with Crippen LogP contribution < -0.4 is 14.3 Å². The third-order valence-corrected chi connectivity index (χ3v) is 6.08. The summed E-state index contributed by atoms with van der Waals surface area (Å²) in [6, 6.07) is 21.7. The molecule has 0 spiro atoms. The molecular formula is C25H28N2O4S. The van der Waals surface area contributed by atoms with Crippen LogP contribution in [0, 0.1) is 0 Å². The van der Waals surface area contributed by atoms with Crippen LogP contribution in [0.1, 0.15) is 37.5 Å². The first kappa shape index (κ1) is 23.3. The zero-order chi connectivity index (χ0) is 23.2. The lowest BCUT2D eigenvalue weighted by molar-refractivity contribution is 0.284. The van der Waals surface area contributed by atoms with E-state index in [4.69, 9.17) is 9.47 Å². The summed E-state index contributed by atoms with van der Waals surface area (Å²) < 4.78 is 35.8. The minimum atomic E-state index is -3.71. The Morgan fingerprint density at radius 3 is 2.25 bits per heavy atom. The van der Waals surface area contributed by atoms with Gasteiger partial charge in [-0.1, -0.05) is 63.2 Å². The smallest absolute Gasteiger partial charge is 0.276 e. The summed E-state index contributed by atoms with van der Waals surface area (Å²) in [5, 5.41) is 3.86. The van der Waals surface area contributed by atoms with Crippen molar-refractivity contribution in [3.05, 3.63) is 89.5 Å². The second-order valence-electron chi connectivity index (χ2n) is 8.31. The molecule has 0 aromatic heterocycles. The fourth-order valence-electron chi connectivity index (χ4n) is 2.97. The third kappa shape index (κ3) is 6.11. The number of hydrogen-bond donors (Lipinski definition) is 1. The molecule has 3 aromatic rings. The molecule has 6 nitrogen and oxygen atoms in total. The zero-order valence-electron chi connectivity index (χ0n) is 18.7. The summed E-state index contributed by atoms with van der Waals surface area (Å²) in [7, 11) is -2.15. The summed E-state index contributed by atoms with van der Waals surface area (Å²) >= 11 is 0. The van der Waals surface area contributed by atoms with Crippen molar-refractivity contribution in [1.82, 2.24) is 4.83 Å². The minimum absolute atomic E-state index is 0.106. The molecule has 0 heterocycles. The highest BCUT2D eigenvalue weighted by atomic mass is 32.2. The van der Waals surface area contributed by atoms with Crippen molar-refractivity contribution in [2.24, 2.45) is 5.10 Å². The van der Waals surface area contributed by atoms with Gasteiger partial charge in [0.15, 0.2) is 11.5 Å². The van der Waals surface area contributed by atoms with Crippen LogP contribution in [0.4, 0.5) is 0 Å². The highest BCUT2D eigenvalue weighted by Crippen LogP contribution is 2.29. The van der Waals surface area contributed by atoms with Gasteiger partial charge in [-0.05, 0) is 52.4 Å². The van der Waals surface area contributed by atoms with Crippen LogP contribution in [-0.2, 0) is 22.0 Å². The molecule has 3 aromatic carbocycles. The quantitative estimate of drug-likeness (QED) is 0.390. The summed E-state index contributed by atoms with van der Waals surface area (Å²) in [6.45, 7) is 6.95. The summed E-state index contributed by atoms with van der Waals surface area (Å²) in [4.78, 5) is 2.35. The maximum Gasteiger partial charge on any atom is 0.276 e. The third-order valence-electron chi connectivity index (χ3n) is 4.84. The van der Waals surface area contributed by atoms with E-state index in [2.05, 4.69) is 55.0 Å². The molecule has 0 amide bonds. The second-order valence-corrected chi connectivity index (χ2v) is 9.97. The maximum atomic E-state index is 12.2. The molecule has 0 bridgehead atoms. The Hall–Kier alpha value is -3.32. The SMILES string of the molecule is COc1cc(/C=N/NS(=O)(=O)c2ccccc2)ccc1OCc1ccc(C(C)(C)C)cc1. The Kier molecular flexibility index (Phi) is 7.20. The van der Waals surface area contributed by atoms with Crippen LogP contribution in [0.3, 0.4) is 0 Å². The van der Waals surface area contributed by atoms with E-state index < -0.39 is 10.0 Å². The predicted molar refractivity (Wildman–Crippen MR) is 127 cm³/mol. The van der Waals surface area contributed by atoms with Gasteiger partial charge in [-0.3, -0.25) is 0 Å². The first-order valence-corrected chi connectivity index (χ1v) is 11.7. The van der Waals surface area contributed by atoms with Crippen molar-refractivity contribution in [1.29, 1.82) is 0 Å². The number of nitrogens with zero attached hydrogens (tertiary/aromatic N) is 1. The van der Waals surface area contributed by atoms with Crippen molar-refractivity contribution in [3.8, 4) is 11.5 Å². The number of hydrogen-bond acceptors (Lipinski definition) is 5. The van der Waals surface area contributed by atoms with Crippen LogP contribution in [0.5, 0.6) is 11.5 Å². The molecule has 168 valence electrons. The van der Waals surface area contributed by atoms with Gasteiger partial charge in [0.25, 0.3) is 10.0 Å². The monoisotopic (exact) mass is 452 g/mol. The molecule has 0 unspecified atom stereocenters. The number of benzene rings is 3. The second kappa shape index (κ2) is 9.87. The van der Waals surface area contributed by atoms with Gasteiger partial charge in [-0.15, -0.1) is 0 Å². The van der Waals surface area contributed by atoms with Gasteiger partial charge in [0.1, 0.15) is 6.61 Å². The van der Waals surface area contributed by atoms with Gasteiger partial charge in [-0.25, -0.2) is 4.83 Å². The molecule has 3 rings (SSSR count). The minimum Gasteiger partial charge on any atom is -0.493 e. The van der Waals surface area contributed by atoms with Crippen molar-refractivity contribution < 1.29 is 17.9 Å². The topological polar surface area (TPSA) is 77.0 Å². The molecule has 32 heavy (non-hydrogen) atoms. The van der Waals surface area contributed by atoms with Gasteiger partial charge in [0.2, 0.25) is 0 Å². The van der Waals surface area contributed by atoms with Gasteiger partial charge in [0, 0.05) is 0 Å². The number of nitrogens with one attached hydrogen (secondary N) is 1. The van der Waals surface area contributed by atoms with Crippen molar-refractivity contribution in [3.63, 3.8) is 0 Å². The fourth-order valence-corrected chi connectivity index (χ4v) is 3.78. The van der Waals surface area contributed by atoms with Crippen LogP contribution in [0.15, 0.2) is 82.8 Å². The van der Waals surface area contributed by atoms with Crippen molar-refractivity contribution in [2.45, 2.75) is 37.7 Å². The van der Waals surface area contributed by atoms with Crippen molar-refractivity contribution in [2.75, 3.05) is 7.11 Å². The lowest BCUT2D eigenvalue weighted by Crippen LogP contribution is -2.18. The van der Waals surface area contributed by atoms with E-state index in [9.17, 15) is 8.42 Å². The number of sulfonamides is 1. The molecule has 1 N–H and O–H groups in total. The highest BCUT2D eigenvalue weighted by Gasteiger charge is 2.13. The van der Waals surface area contributed by atoms with E-state index in [0.29, 0.717) is 23.7 Å². The zero-order valence-corrected chi connectivity index (χ0v) is 19.5. The number of hydrazone groups is 1. The van der Waals surface area contributed by atoms with Gasteiger partial charge >= 0.3 is 0 Å². The number of ether oxygens (including phenoxy) is 2. The van der Waals surface area contributed by atoms with Crippen LogP contribution in [0.25, 0.3) is 0 Å². The molecule has 0 aliphatic rings. The first-order valence-electron chi connectivity index (χ1n) is 10.2. The average molecular weight is 453 g/mol. The van der Waals surface area contributed by atoms with E-state index in [1.54, 1.807) is 43.5 Å². The van der Waals surface area contributed by atoms with E-state index in [1.165, 1.54) is 23.9 Å². The molecule has 0 saturated carbocycles. The van der Waals surface area contributed by atoms with Crippen LogP contribution in [0.2, 0.25) is 0 Å². The Balaban J connectivity index is 1.65. The van der Waals surface area contributed by atoms with E-state index in [-0.39, 0.29) is 10.3 Å². The summed E-state index contributed by atoms with van der Waals surface area (Å²) in [6.07, 6.45) is 1.41. The van der Waals surface area contributed by atoms with Crippen molar-refractivity contribution >= 4 is 16.2 Å². The molecule has 0 fully saturated rings. The van der Waals surface area contributed by atoms with E-state index >= 15 is 0 Å². The van der Waals surface area contributed by atoms with Gasteiger partial charge in [0.05, 0.1) is 18.2 Å². The molecule has 0 radical (unpaired) electrons. The van der Waals surface area contributed by atoms with Crippen LogP contribution in [-0.4, -0.2) is 21.7 Å². The lowest BCUT2D eigenvalue weighted by atomic mass is 9.87. The molecular weight excluding hydrogens is 424 g/mol. The normalized spacial score (nSPS) is 12.0. The number of methoxy groups -OCH3 is 1. The highest BCUT2D eigenvalue weighted by molar-refractivity contribution is 7.89. The average Bonchev–Trinajstić information content (AvgIpc) is 2.78. The first-order chi connectivity index (χ1) is 15.2. The Morgan fingerprint density at radius 2 is 1.62 bits per heavy atom. The molecule has 0 aliphatic heterocycles. The fraction of sp³-hybridized carbons (Fsp3) is 0.240. The molecule has 0 saturated heterocycles.